The summed E-state index contributed by atoms with van der Waals surface area (Å²) in [5, 5.41) is 0.389. The van der Waals surface area contributed by atoms with Crippen molar-refractivity contribution in [3.05, 3.63) is 23.2 Å². The number of nitrogens with zero attached hydrogens (tertiary/aromatic N) is 1. The third kappa shape index (κ3) is 1.68. The molecule has 1 saturated heterocycles. The molecule has 2 rings (SSSR count). The number of benzene rings is 1. The number of para-hydroxylation sites is 1. The molecule has 0 radical (unpaired) electrons. The summed E-state index contributed by atoms with van der Waals surface area (Å²) in [5.74, 6) is -0.326. The quantitative estimate of drug-likeness (QED) is 0.577. The highest BCUT2D eigenvalue weighted by Gasteiger charge is 2.29. The van der Waals surface area contributed by atoms with Crippen LogP contribution in [-0.2, 0) is 9.59 Å². The van der Waals surface area contributed by atoms with Crippen molar-refractivity contribution in [1.29, 1.82) is 0 Å². The van der Waals surface area contributed by atoms with Crippen LogP contribution < -0.4 is 10.6 Å². The monoisotopic (exact) mass is 224 g/mol. The van der Waals surface area contributed by atoms with E-state index >= 15 is 0 Å². The van der Waals surface area contributed by atoms with Gasteiger partial charge in [0.2, 0.25) is 5.91 Å². The largest absolute Gasteiger partial charge is 0.396 e. The summed E-state index contributed by atoms with van der Waals surface area (Å²) in [5.41, 5.74) is 6.58. The molecule has 1 aromatic rings. The maximum atomic E-state index is 11.5. The number of hydrogen-bond donors (Lipinski definition) is 1. The van der Waals surface area contributed by atoms with Gasteiger partial charge in [0.05, 0.1) is 29.4 Å². The van der Waals surface area contributed by atoms with E-state index in [2.05, 4.69) is 0 Å². The maximum Gasteiger partial charge on any atom is 0.234 e. The molecular formula is C10H9ClN2O2. The summed E-state index contributed by atoms with van der Waals surface area (Å²) in [4.78, 5) is 23.9. The molecule has 5 heteroatoms. The third-order valence-electron chi connectivity index (χ3n) is 2.30. The van der Waals surface area contributed by atoms with E-state index < -0.39 is 0 Å². The van der Waals surface area contributed by atoms with Gasteiger partial charge in [-0.3, -0.25) is 9.59 Å². The third-order valence-corrected chi connectivity index (χ3v) is 2.63. The molecule has 1 aliphatic rings. The van der Waals surface area contributed by atoms with E-state index in [-0.39, 0.29) is 24.7 Å². The molecule has 0 bridgehead atoms. The minimum Gasteiger partial charge on any atom is -0.396 e. The van der Waals surface area contributed by atoms with Crippen LogP contribution in [0, 0.1) is 0 Å². The molecule has 0 saturated carbocycles. The van der Waals surface area contributed by atoms with E-state index in [9.17, 15) is 9.59 Å². The van der Waals surface area contributed by atoms with Crippen LogP contribution >= 0.6 is 11.6 Å². The smallest absolute Gasteiger partial charge is 0.234 e. The Kier molecular flexibility index (Phi) is 2.36. The molecule has 0 atom stereocenters. The van der Waals surface area contributed by atoms with Crippen LogP contribution in [0.25, 0.3) is 0 Å². The Balaban J connectivity index is 2.42. The van der Waals surface area contributed by atoms with Crippen molar-refractivity contribution in [1.82, 2.24) is 0 Å². The topological polar surface area (TPSA) is 63.4 Å². The standard InChI is InChI=1S/C10H9ClN2O2/c11-7-2-1-3-8(10(7)12)13-5-6(14)4-9(13)15/h1-3H,4-5,12H2. The molecule has 2 N–H and O–H groups in total. The Bertz CT molecular complexity index is 445. The molecule has 15 heavy (non-hydrogen) atoms. The summed E-state index contributed by atoms with van der Waals surface area (Å²) in [7, 11) is 0. The van der Waals surface area contributed by atoms with Gasteiger partial charge in [-0.1, -0.05) is 17.7 Å². The second-order valence-corrected chi connectivity index (χ2v) is 3.78. The van der Waals surface area contributed by atoms with Crippen molar-refractivity contribution < 1.29 is 9.59 Å². The molecule has 0 aromatic heterocycles. The van der Waals surface area contributed by atoms with Crippen LogP contribution in [0.5, 0.6) is 0 Å². The number of nitrogens with two attached hydrogens (primary N) is 1. The predicted octanol–water partition coefficient (Wildman–Crippen LogP) is 1.23. The SMILES string of the molecule is Nc1c(Cl)cccc1N1CC(=O)CC1=O. The number of halogens is 1. The first-order valence-corrected chi connectivity index (χ1v) is 4.83. The minimum atomic E-state index is -0.228. The first-order valence-electron chi connectivity index (χ1n) is 4.45. The van der Waals surface area contributed by atoms with Crippen molar-refractivity contribution in [3.8, 4) is 0 Å². The van der Waals surface area contributed by atoms with E-state index in [1.807, 2.05) is 0 Å². The lowest BCUT2D eigenvalue weighted by Gasteiger charge is -2.17. The molecule has 4 nitrogen and oxygen atoms in total. The van der Waals surface area contributed by atoms with E-state index in [1.54, 1.807) is 18.2 Å². The second kappa shape index (κ2) is 3.55. The molecular weight excluding hydrogens is 216 g/mol. The van der Waals surface area contributed by atoms with Gasteiger partial charge in [-0.05, 0) is 12.1 Å². The van der Waals surface area contributed by atoms with Gasteiger partial charge in [-0.25, -0.2) is 0 Å². The molecule has 1 amide bonds. The number of anilines is 2. The van der Waals surface area contributed by atoms with Crippen molar-refractivity contribution >= 4 is 34.7 Å². The van der Waals surface area contributed by atoms with Gasteiger partial charge in [-0.2, -0.15) is 0 Å². The summed E-state index contributed by atoms with van der Waals surface area (Å²) in [6, 6.07) is 5.02. The van der Waals surface area contributed by atoms with Gasteiger partial charge in [0, 0.05) is 0 Å². The van der Waals surface area contributed by atoms with Gasteiger partial charge in [0.15, 0.2) is 5.78 Å². The Morgan fingerprint density at radius 2 is 2.07 bits per heavy atom. The molecule has 0 aliphatic carbocycles. The zero-order valence-electron chi connectivity index (χ0n) is 7.87. The van der Waals surface area contributed by atoms with E-state index in [4.69, 9.17) is 17.3 Å². The lowest BCUT2D eigenvalue weighted by molar-refractivity contribution is -0.121. The number of nitrogen functional groups attached to an aromatic ring is 1. The van der Waals surface area contributed by atoms with Gasteiger partial charge in [0.25, 0.3) is 0 Å². The average molecular weight is 225 g/mol. The number of ketones is 1. The van der Waals surface area contributed by atoms with Gasteiger partial charge < -0.3 is 10.6 Å². The summed E-state index contributed by atoms with van der Waals surface area (Å²) < 4.78 is 0. The van der Waals surface area contributed by atoms with Crippen LogP contribution in [0.3, 0.4) is 0 Å². The highest BCUT2D eigenvalue weighted by molar-refractivity contribution is 6.34. The zero-order valence-corrected chi connectivity index (χ0v) is 8.62. The van der Waals surface area contributed by atoms with Crippen LogP contribution in [0.1, 0.15) is 6.42 Å². The van der Waals surface area contributed by atoms with E-state index in [1.165, 1.54) is 4.90 Å². The zero-order chi connectivity index (χ0) is 11.0. The van der Waals surface area contributed by atoms with Crippen molar-refractivity contribution in [2.75, 3.05) is 17.2 Å². The van der Waals surface area contributed by atoms with Gasteiger partial charge in [-0.15, -0.1) is 0 Å². The highest BCUT2D eigenvalue weighted by atomic mass is 35.5. The predicted molar refractivity (Wildman–Crippen MR) is 57.8 cm³/mol. The lowest BCUT2D eigenvalue weighted by Crippen LogP contribution is -2.25. The molecule has 0 spiro atoms. The number of carbonyl (C=O) groups excluding carboxylic acids is 2. The molecule has 1 aromatic carbocycles. The average Bonchev–Trinajstić information content (AvgIpc) is 2.50. The Labute approximate surface area is 91.6 Å². The van der Waals surface area contributed by atoms with Gasteiger partial charge in [0.1, 0.15) is 0 Å². The van der Waals surface area contributed by atoms with Crippen molar-refractivity contribution in [3.63, 3.8) is 0 Å². The summed E-state index contributed by atoms with van der Waals surface area (Å²) >= 11 is 5.83. The van der Waals surface area contributed by atoms with E-state index in [0.717, 1.165) is 0 Å². The molecule has 0 unspecified atom stereocenters. The normalized spacial score (nSPS) is 16.2. The van der Waals surface area contributed by atoms with E-state index in [0.29, 0.717) is 16.4 Å². The second-order valence-electron chi connectivity index (χ2n) is 3.37. The van der Waals surface area contributed by atoms with Crippen LogP contribution in [0.4, 0.5) is 11.4 Å². The summed E-state index contributed by atoms with van der Waals surface area (Å²) in [6.07, 6.45) is -0.0496. The Morgan fingerprint density at radius 3 is 2.67 bits per heavy atom. The molecule has 1 heterocycles. The number of hydrogen-bond acceptors (Lipinski definition) is 3. The maximum absolute atomic E-state index is 11.5. The number of Topliss-reactive ketones (excluding diaryl/α,β-unsaturated/α-hetero) is 1. The first-order chi connectivity index (χ1) is 7.09. The molecule has 1 fully saturated rings. The summed E-state index contributed by atoms with van der Waals surface area (Å²) in [6.45, 7) is 0.0867. The van der Waals surface area contributed by atoms with Crippen molar-refractivity contribution in [2.24, 2.45) is 0 Å². The highest BCUT2D eigenvalue weighted by Crippen LogP contribution is 2.31. The first kappa shape index (κ1) is 9.98. The molecule has 78 valence electrons. The number of amides is 1. The number of rotatable bonds is 1. The Hall–Kier alpha value is -1.55. The Morgan fingerprint density at radius 1 is 1.33 bits per heavy atom. The fourth-order valence-electron chi connectivity index (χ4n) is 1.57. The van der Waals surface area contributed by atoms with Crippen LogP contribution in [0.15, 0.2) is 18.2 Å². The number of carbonyl (C=O) groups is 2. The minimum absolute atomic E-state index is 0.0496. The van der Waals surface area contributed by atoms with Gasteiger partial charge >= 0.3 is 0 Å². The van der Waals surface area contributed by atoms with Crippen LogP contribution in [0.2, 0.25) is 5.02 Å². The molecule has 1 aliphatic heterocycles. The lowest BCUT2D eigenvalue weighted by atomic mass is 10.2. The van der Waals surface area contributed by atoms with Crippen molar-refractivity contribution in [2.45, 2.75) is 6.42 Å². The fraction of sp³-hybridized carbons (Fsp3) is 0.200. The van der Waals surface area contributed by atoms with Crippen LogP contribution in [-0.4, -0.2) is 18.2 Å². The fourth-order valence-corrected chi connectivity index (χ4v) is 1.73.